The summed E-state index contributed by atoms with van der Waals surface area (Å²) in [5.41, 5.74) is 0.343. The number of carbonyl (C=O) groups is 2. The van der Waals surface area contributed by atoms with Crippen molar-refractivity contribution in [1.29, 1.82) is 0 Å². The maximum atomic E-state index is 12.3. The van der Waals surface area contributed by atoms with E-state index in [0.29, 0.717) is 76.5 Å². The van der Waals surface area contributed by atoms with Crippen LogP contribution >= 0.6 is 0 Å². The van der Waals surface area contributed by atoms with Gasteiger partial charge < -0.3 is 33.2 Å². The fourth-order valence-electron chi connectivity index (χ4n) is 2.54. The second-order valence-corrected chi connectivity index (χ2v) is 6.21. The first kappa shape index (κ1) is 24.1. The molecule has 0 spiro atoms. The monoisotopic (exact) mass is 426 g/mol. The topological polar surface area (TPSA) is 98.8 Å². The normalized spacial score (nSPS) is 17.4. The lowest BCUT2D eigenvalue weighted by Gasteiger charge is -2.15. The summed E-state index contributed by atoms with van der Waals surface area (Å²) in [4.78, 5) is 23.9. The maximum Gasteiger partial charge on any atom is 0.313 e. The lowest BCUT2D eigenvalue weighted by atomic mass is 10.1. The van der Waals surface area contributed by atoms with Gasteiger partial charge in [-0.25, -0.2) is 0 Å². The van der Waals surface area contributed by atoms with Gasteiger partial charge in [0, 0.05) is 5.56 Å². The van der Waals surface area contributed by atoms with Gasteiger partial charge in [0.1, 0.15) is 19.6 Å². The minimum absolute atomic E-state index is 0.229. The molecule has 1 aliphatic rings. The molecule has 0 atom stereocenters. The van der Waals surface area contributed by atoms with Crippen molar-refractivity contribution in [2.75, 3.05) is 72.7 Å². The number of fused-ring (bicyclic) bond motifs is 1. The second kappa shape index (κ2) is 14.7. The predicted molar refractivity (Wildman–Crippen MR) is 106 cm³/mol. The highest BCUT2D eigenvalue weighted by Gasteiger charge is 2.16. The number of carbonyl (C=O) groups excluding carboxylic acids is 2. The number of rotatable bonds is 4. The summed E-state index contributed by atoms with van der Waals surface area (Å²) in [6, 6.07) is 4.80. The molecule has 0 aliphatic carbocycles. The van der Waals surface area contributed by atoms with Gasteiger partial charge >= 0.3 is 5.97 Å². The van der Waals surface area contributed by atoms with Crippen LogP contribution < -0.4 is 9.47 Å². The molecule has 0 unspecified atom stereocenters. The Morgan fingerprint density at radius 1 is 0.767 bits per heavy atom. The van der Waals surface area contributed by atoms with Crippen molar-refractivity contribution >= 4 is 11.8 Å². The smallest absolute Gasteiger partial charge is 0.313 e. The number of Topliss-reactive ketones (excluding diaryl/α,β-unsaturated/α-hetero) is 1. The maximum absolute atomic E-state index is 12.3. The zero-order valence-corrected chi connectivity index (χ0v) is 17.4. The van der Waals surface area contributed by atoms with Gasteiger partial charge in [-0.2, -0.15) is 0 Å². The number of hydrogen-bond acceptors (Lipinski definition) is 9. The Morgan fingerprint density at radius 3 is 1.80 bits per heavy atom. The summed E-state index contributed by atoms with van der Waals surface area (Å²) in [6.07, 6.45) is -0.327. The zero-order valence-electron chi connectivity index (χ0n) is 17.4. The first-order chi connectivity index (χ1) is 14.7. The Hall–Kier alpha value is -2.20. The molecule has 0 amide bonds. The Balaban J connectivity index is 1.99. The van der Waals surface area contributed by atoms with Crippen molar-refractivity contribution in [3.63, 3.8) is 0 Å². The van der Waals surface area contributed by atoms with Gasteiger partial charge in [-0.1, -0.05) is 0 Å². The number of ether oxygens (including phenoxy) is 7. The van der Waals surface area contributed by atoms with E-state index in [0.717, 1.165) is 0 Å². The van der Waals surface area contributed by atoms with E-state index in [4.69, 9.17) is 33.2 Å². The van der Waals surface area contributed by atoms with Crippen LogP contribution in [0.1, 0.15) is 23.7 Å². The van der Waals surface area contributed by atoms with E-state index < -0.39 is 5.97 Å². The molecule has 0 bridgehead atoms. The van der Waals surface area contributed by atoms with Crippen LogP contribution in [-0.4, -0.2) is 84.4 Å². The summed E-state index contributed by atoms with van der Waals surface area (Å²) < 4.78 is 38.1. The van der Waals surface area contributed by atoms with Crippen LogP contribution in [0.3, 0.4) is 0 Å². The molecule has 1 aliphatic heterocycles. The third-order valence-electron chi connectivity index (χ3n) is 3.96. The Bertz CT molecular complexity index is 647. The summed E-state index contributed by atoms with van der Waals surface area (Å²) >= 11 is 0. The first-order valence-electron chi connectivity index (χ1n) is 10.1. The Morgan fingerprint density at radius 2 is 1.27 bits per heavy atom. The molecule has 9 heteroatoms. The van der Waals surface area contributed by atoms with E-state index >= 15 is 0 Å². The highest BCUT2D eigenvalue weighted by Crippen LogP contribution is 2.29. The molecule has 0 N–H and O–H groups in total. The highest BCUT2D eigenvalue weighted by atomic mass is 16.6. The minimum atomic E-state index is -0.560. The van der Waals surface area contributed by atoms with Crippen molar-refractivity contribution in [3.05, 3.63) is 23.8 Å². The molecule has 30 heavy (non-hydrogen) atoms. The number of esters is 1. The molecule has 1 aromatic rings. The molecular formula is C21H30O9. The van der Waals surface area contributed by atoms with Gasteiger partial charge in [-0.05, 0) is 25.1 Å². The molecule has 0 saturated carbocycles. The van der Waals surface area contributed by atoms with Crippen LogP contribution in [0.15, 0.2) is 18.2 Å². The summed E-state index contributed by atoms with van der Waals surface area (Å²) in [7, 11) is 0. The van der Waals surface area contributed by atoms with Crippen molar-refractivity contribution in [2.45, 2.75) is 13.3 Å². The highest BCUT2D eigenvalue weighted by molar-refractivity contribution is 6.06. The predicted octanol–water partition coefficient (Wildman–Crippen LogP) is 1.66. The van der Waals surface area contributed by atoms with Crippen LogP contribution in [0.2, 0.25) is 0 Å². The van der Waals surface area contributed by atoms with E-state index in [1.165, 1.54) is 0 Å². The van der Waals surface area contributed by atoms with Crippen LogP contribution in [0, 0.1) is 0 Å². The van der Waals surface area contributed by atoms with Crippen molar-refractivity contribution in [3.8, 4) is 11.5 Å². The van der Waals surface area contributed by atoms with Gasteiger partial charge in [0.05, 0.1) is 59.5 Å². The zero-order chi connectivity index (χ0) is 21.4. The fourth-order valence-corrected chi connectivity index (χ4v) is 2.54. The molecule has 9 nitrogen and oxygen atoms in total. The van der Waals surface area contributed by atoms with Gasteiger partial charge in [-0.3, -0.25) is 9.59 Å². The Labute approximate surface area is 176 Å². The standard InChI is InChI=1S/C21H30O9/c1-2-28-21(23)16-18(22)17-3-4-19-20(15-17)30-14-12-27-10-8-25-6-5-24-7-9-26-11-13-29-19/h3-4,15H,2,5-14,16H2,1H3. The third-order valence-corrected chi connectivity index (χ3v) is 3.96. The molecule has 0 radical (unpaired) electrons. The van der Waals surface area contributed by atoms with Crippen molar-refractivity contribution in [2.24, 2.45) is 0 Å². The third kappa shape index (κ3) is 9.53. The number of benzene rings is 1. The van der Waals surface area contributed by atoms with Crippen LogP contribution in [0.4, 0.5) is 0 Å². The number of hydrogen-bond donors (Lipinski definition) is 0. The largest absolute Gasteiger partial charge is 0.487 e. The summed E-state index contributed by atoms with van der Waals surface area (Å²) in [6.45, 7) is 6.08. The van der Waals surface area contributed by atoms with Crippen molar-refractivity contribution < 1.29 is 42.7 Å². The van der Waals surface area contributed by atoms with E-state index in [1.807, 2.05) is 0 Å². The first-order valence-corrected chi connectivity index (χ1v) is 10.1. The lowest BCUT2D eigenvalue weighted by Crippen LogP contribution is -2.16. The average Bonchev–Trinajstić information content (AvgIpc) is 2.73. The molecule has 0 fully saturated rings. The average molecular weight is 426 g/mol. The Kier molecular flexibility index (Phi) is 11.8. The van der Waals surface area contributed by atoms with E-state index in [2.05, 4.69) is 0 Å². The van der Waals surface area contributed by atoms with Crippen LogP contribution in [0.25, 0.3) is 0 Å². The van der Waals surface area contributed by atoms with Gasteiger partial charge in [0.2, 0.25) is 0 Å². The van der Waals surface area contributed by atoms with E-state index in [-0.39, 0.29) is 25.4 Å². The molecule has 0 aromatic heterocycles. The molecule has 168 valence electrons. The quantitative estimate of drug-likeness (QED) is 0.404. The minimum Gasteiger partial charge on any atom is -0.487 e. The van der Waals surface area contributed by atoms with Crippen LogP contribution in [-0.2, 0) is 28.5 Å². The van der Waals surface area contributed by atoms with Crippen molar-refractivity contribution in [1.82, 2.24) is 0 Å². The number of ketones is 1. The lowest BCUT2D eigenvalue weighted by molar-refractivity contribution is -0.141. The van der Waals surface area contributed by atoms with Crippen LogP contribution in [0.5, 0.6) is 11.5 Å². The second-order valence-electron chi connectivity index (χ2n) is 6.21. The molecular weight excluding hydrogens is 396 g/mol. The summed E-state index contributed by atoms with van der Waals surface area (Å²) in [5.74, 6) is -0.0350. The SMILES string of the molecule is CCOC(=O)CC(=O)c1ccc2c(c1)OCCOCCOCCOCCOCCO2. The fraction of sp³-hybridized carbons (Fsp3) is 0.619. The summed E-state index contributed by atoms with van der Waals surface area (Å²) in [5, 5.41) is 0. The van der Waals surface area contributed by atoms with E-state index in [9.17, 15) is 9.59 Å². The van der Waals surface area contributed by atoms with Gasteiger partial charge in [0.25, 0.3) is 0 Å². The molecule has 2 rings (SSSR count). The molecule has 1 aromatic carbocycles. The molecule has 0 saturated heterocycles. The van der Waals surface area contributed by atoms with Gasteiger partial charge in [0.15, 0.2) is 17.3 Å². The van der Waals surface area contributed by atoms with E-state index in [1.54, 1.807) is 25.1 Å². The molecule has 1 heterocycles. The van der Waals surface area contributed by atoms with Gasteiger partial charge in [-0.15, -0.1) is 0 Å².